The fraction of sp³-hybridized carbons (Fsp3) is 0.700. The Bertz CT molecular complexity index is 673. The molecule has 0 aliphatic rings. The van der Waals surface area contributed by atoms with Crippen molar-refractivity contribution in [1.29, 1.82) is 0 Å². The first-order valence-electron chi connectivity index (χ1n) is 13.9. The molecule has 0 atom stereocenters. The zero-order chi connectivity index (χ0) is 22.7. The average Bonchev–Trinajstić information content (AvgIpc) is 3.20. The van der Waals surface area contributed by atoms with Gasteiger partial charge in [0.1, 0.15) is 5.82 Å². The maximum absolute atomic E-state index is 5.08. The highest BCUT2D eigenvalue weighted by Gasteiger charge is 2.08. The van der Waals surface area contributed by atoms with Crippen LogP contribution in [0.3, 0.4) is 0 Å². The Morgan fingerprint density at radius 3 is 1.84 bits per heavy atom. The summed E-state index contributed by atoms with van der Waals surface area (Å²) in [5.41, 5.74) is 2.75. The highest BCUT2D eigenvalue weighted by atomic mass is 15.1. The quantitative estimate of drug-likeness (QED) is 0.188. The summed E-state index contributed by atoms with van der Waals surface area (Å²) in [6.07, 6.45) is 26.2. The molecule has 2 heteroatoms. The van der Waals surface area contributed by atoms with Crippen LogP contribution < -0.4 is 0 Å². The topological polar surface area (TPSA) is 17.8 Å². The molecular formula is C30H50N2. The van der Waals surface area contributed by atoms with Crippen LogP contribution in [0.15, 0.2) is 36.5 Å². The third kappa shape index (κ3) is 11.9. The van der Waals surface area contributed by atoms with Crippen LogP contribution in [-0.4, -0.2) is 9.55 Å². The number of hydrogen-bond donors (Lipinski definition) is 0. The Balaban J connectivity index is 1.74. The summed E-state index contributed by atoms with van der Waals surface area (Å²) in [5.74, 6) is 1.34. The molecule has 0 radical (unpaired) electrons. The van der Waals surface area contributed by atoms with Gasteiger partial charge in [-0.25, -0.2) is 4.98 Å². The van der Waals surface area contributed by atoms with E-state index < -0.39 is 0 Å². The lowest BCUT2D eigenvalue weighted by atomic mass is 10.1. The van der Waals surface area contributed by atoms with Crippen molar-refractivity contribution in [3.8, 4) is 0 Å². The molecule has 1 aromatic heterocycles. The summed E-state index contributed by atoms with van der Waals surface area (Å²) in [4.78, 5) is 5.08. The van der Waals surface area contributed by atoms with E-state index in [9.17, 15) is 0 Å². The molecule has 0 aliphatic heterocycles. The molecule has 0 unspecified atom stereocenters. The van der Waals surface area contributed by atoms with Crippen LogP contribution in [0.1, 0.15) is 127 Å². The van der Waals surface area contributed by atoms with Crippen LogP contribution in [0.4, 0.5) is 0 Å². The molecule has 32 heavy (non-hydrogen) atoms. The van der Waals surface area contributed by atoms with Crippen LogP contribution in [-0.2, 0) is 25.8 Å². The van der Waals surface area contributed by atoms with Crippen molar-refractivity contribution in [3.63, 3.8) is 0 Å². The molecule has 1 heterocycles. The number of nitrogens with zero attached hydrogens (tertiary/aromatic N) is 2. The zero-order valence-corrected chi connectivity index (χ0v) is 21.3. The van der Waals surface area contributed by atoms with Crippen LogP contribution in [0.2, 0.25) is 0 Å². The molecule has 0 spiro atoms. The second-order valence-electron chi connectivity index (χ2n) is 9.67. The first kappa shape index (κ1) is 26.7. The van der Waals surface area contributed by atoms with E-state index in [-0.39, 0.29) is 0 Å². The highest BCUT2D eigenvalue weighted by molar-refractivity contribution is 5.15. The number of hydrogen-bond acceptors (Lipinski definition) is 1. The van der Waals surface area contributed by atoms with Crippen LogP contribution in [0.5, 0.6) is 0 Å². The van der Waals surface area contributed by atoms with E-state index in [0.717, 1.165) is 25.8 Å². The summed E-state index contributed by atoms with van der Waals surface area (Å²) in [6.45, 7) is 5.75. The Labute approximate surface area is 199 Å². The first-order chi connectivity index (χ1) is 15.8. The third-order valence-electron chi connectivity index (χ3n) is 6.66. The van der Waals surface area contributed by atoms with Gasteiger partial charge in [0, 0.05) is 19.2 Å². The predicted molar refractivity (Wildman–Crippen MR) is 140 cm³/mol. The van der Waals surface area contributed by atoms with Gasteiger partial charge in [-0.05, 0) is 37.7 Å². The lowest BCUT2D eigenvalue weighted by molar-refractivity contribution is 0.526. The molecule has 0 fully saturated rings. The smallest absolute Gasteiger partial charge is 0.108 e. The van der Waals surface area contributed by atoms with Crippen molar-refractivity contribution in [2.75, 3.05) is 0 Å². The molecular weight excluding hydrogens is 388 g/mol. The largest absolute Gasteiger partial charge is 0.335 e. The molecule has 0 N–H and O–H groups in total. The van der Waals surface area contributed by atoms with E-state index in [2.05, 4.69) is 54.9 Å². The Kier molecular flexibility index (Phi) is 14.9. The normalized spacial score (nSPS) is 11.3. The second-order valence-corrected chi connectivity index (χ2v) is 9.67. The van der Waals surface area contributed by atoms with Crippen molar-refractivity contribution in [2.45, 2.75) is 136 Å². The number of imidazole rings is 1. The number of aryl methyl sites for hydroxylation is 4. The fourth-order valence-electron chi connectivity index (χ4n) is 4.62. The van der Waals surface area contributed by atoms with Gasteiger partial charge in [0.05, 0.1) is 5.69 Å². The van der Waals surface area contributed by atoms with Gasteiger partial charge in [0.25, 0.3) is 0 Å². The van der Waals surface area contributed by atoms with E-state index in [1.807, 2.05) is 0 Å². The third-order valence-corrected chi connectivity index (χ3v) is 6.66. The molecule has 2 nitrogen and oxygen atoms in total. The molecule has 2 aromatic rings. The van der Waals surface area contributed by atoms with E-state index >= 15 is 0 Å². The lowest BCUT2D eigenvalue weighted by Gasteiger charge is -2.08. The number of unbranched alkanes of at least 4 members (excludes halogenated alkanes) is 12. The van der Waals surface area contributed by atoms with Gasteiger partial charge in [-0.1, -0.05) is 121 Å². The summed E-state index contributed by atoms with van der Waals surface area (Å²) in [7, 11) is 0. The van der Waals surface area contributed by atoms with Crippen molar-refractivity contribution >= 4 is 0 Å². The maximum Gasteiger partial charge on any atom is 0.108 e. The first-order valence-corrected chi connectivity index (χ1v) is 13.9. The average molecular weight is 439 g/mol. The van der Waals surface area contributed by atoms with Gasteiger partial charge < -0.3 is 4.57 Å². The minimum Gasteiger partial charge on any atom is -0.335 e. The summed E-state index contributed by atoms with van der Waals surface area (Å²) in [6, 6.07) is 10.9. The molecule has 2 rings (SSSR count). The molecule has 0 saturated carbocycles. The highest BCUT2D eigenvalue weighted by Crippen LogP contribution is 2.15. The zero-order valence-electron chi connectivity index (χ0n) is 21.3. The fourth-order valence-corrected chi connectivity index (χ4v) is 4.62. The Morgan fingerprint density at radius 2 is 1.19 bits per heavy atom. The molecule has 1 aromatic carbocycles. The molecule has 0 aliphatic carbocycles. The van der Waals surface area contributed by atoms with Gasteiger partial charge in [-0.3, -0.25) is 0 Å². The van der Waals surface area contributed by atoms with Crippen molar-refractivity contribution in [1.82, 2.24) is 9.55 Å². The van der Waals surface area contributed by atoms with Gasteiger partial charge >= 0.3 is 0 Å². The van der Waals surface area contributed by atoms with Gasteiger partial charge in [0.15, 0.2) is 0 Å². The second kappa shape index (κ2) is 17.9. The molecule has 0 saturated heterocycles. The van der Waals surface area contributed by atoms with Crippen molar-refractivity contribution in [2.24, 2.45) is 0 Å². The Morgan fingerprint density at radius 1 is 0.594 bits per heavy atom. The standard InChI is InChI=1S/C30H50N2/c1-3-5-7-9-10-11-12-14-19-26-32-27-29(24-20-23-28-21-16-15-17-22-28)31-30(32)25-18-13-8-6-4-2/h15-17,21-22,27H,3-14,18-20,23-26H2,1-2H3. The number of aromatic nitrogens is 2. The minimum absolute atomic E-state index is 1.10. The van der Waals surface area contributed by atoms with E-state index in [1.54, 1.807) is 0 Å². The van der Waals surface area contributed by atoms with Crippen LogP contribution in [0.25, 0.3) is 0 Å². The SMILES string of the molecule is CCCCCCCCCCCn1cc(CCCc2ccccc2)nc1CCCCCCC. The monoisotopic (exact) mass is 438 g/mol. The van der Waals surface area contributed by atoms with Crippen LogP contribution in [0, 0.1) is 0 Å². The maximum atomic E-state index is 5.08. The lowest BCUT2D eigenvalue weighted by Crippen LogP contribution is -2.03. The molecule has 0 amide bonds. The summed E-state index contributed by atoms with van der Waals surface area (Å²) < 4.78 is 2.50. The molecule has 0 bridgehead atoms. The molecule has 180 valence electrons. The van der Waals surface area contributed by atoms with E-state index in [4.69, 9.17) is 4.98 Å². The van der Waals surface area contributed by atoms with Crippen LogP contribution >= 0.6 is 0 Å². The van der Waals surface area contributed by atoms with E-state index in [0.29, 0.717) is 0 Å². The van der Waals surface area contributed by atoms with Gasteiger partial charge in [-0.15, -0.1) is 0 Å². The Hall–Kier alpha value is -1.57. The van der Waals surface area contributed by atoms with Crippen molar-refractivity contribution in [3.05, 3.63) is 53.6 Å². The summed E-state index contributed by atoms with van der Waals surface area (Å²) in [5, 5.41) is 0. The predicted octanol–water partition coefficient (Wildman–Crippen LogP) is 9.10. The van der Waals surface area contributed by atoms with Gasteiger partial charge in [-0.2, -0.15) is 0 Å². The minimum atomic E-state index is 1.10. The number of benzene rings is 1. The summed E-state index contributed by atoms with van der Waals surface area (Å²) >= 11 is 0. The number of rotatable bonds is 20. The van der Waals surface area contributed by atoms with Gasteiger partial charge in [0.2, 0.25) is 0 Å². The van der Waals surface area contributed by atoms with E-state index in [1.165, 1.54) is 113 Å². The van der Waals surface area contributed by atoms with Crippen molar-refractivity contribution < 1.29 is 0 Å².